The summed E-state index contributed by atoms with van der Waals surface area (Å²) in [6, 6.07) is 7.31. The molecular weight excluding hydrogens is 194 g/mol. The first-order valence-corrected chi connectivity index (χ1v) is 4.40. The second-order valence-electron chi connectivity index (χ2n) is 3.19. The van der Waals surface area contributed by atoms with Crippen molar-refractivity contribution in [3.05, 3.63) is 30.5 Å². The summed E-state index contributed by atoms with van der Waals surface area (Å²) in [6.07, 6.45) is 1.66. The van der Waals surface area contributed by atoms with E-state index >= 15 is 0 Å². The second-order valence-corrected chi connectivity index (χ2v) is 3.19. The van der Waals surface area contributed by atoms with Crippen molar-refractivity contribution in [1.29, 1.82) is 0 Å². The van der Waals surface area contributed by atoms with Crippen molar-refractivity contribution >= 4 is 16.9 Å². The number of fused-ring (bicyclic) bond motifs is 1. The molecule has 2 N–H and O–H groups in total. The molecule has 0 saturated carbocycles. The van der Waals surface area contributed by atoms with Crippen LogP contribution < -0.4 is 5.73 Å². The normalized spacial score (nSPS) is 10.9. The number of hydrogen-bond donors (Lipinski definition) is 1. The highest BCUT2D eigenvalue weighted by Gasteiger charge is 2.06. The molecule has 2 heterocycles. The van der Waals surface area contributed by atoms with Crippen molar-refractivity contribution < 1.29 is 9.05 Å². The third-order valence-electron chi connectivity index (χ3n) is 2.18. The summed E-state index contributed by atoms with van der Waals surface area (Å²) < 4.78 is 9.80. The van der Waals surface area contributed by atoms with Crippen molar-refractivity contribution in [3.63, 3.8) is 0 Å². The lowest BCUT2D eigenvalue weighted by atomic mass is 10.1. The summed E-state index contributed by atoms with van der Waals surface area (Å²) in [5.74, 6) is 0.301. The zero-order valence-electron chi connectivity index (χ0n) is 7.68. The van der Waals surface area contributed by atoms with Crippen LogP contribution in [-0.2, 0) is 0 Å². The molecule has 5 heteroatoms. The van der Waals surface area contributed by atoms with Crippen LogP contribution in [0.5, 0.6) is 0 Å². The van der Waals surface area contributed by atoms with E-state index in [1.165, 1.54) is 0 Å². The molecule has 2 aromatic heterocycles. The maximum Gasteiger partial charge on any atom is 0.222 e. The second kappa shape index (κ2) is 2.84. The molecule has 0 saturated heterocycles. The summed E-state index contributed by atoms with van der Waals surface area (Å²) in [6.45, 7) is 0. The molecule has 0 amide bonds. The number of nitrogens with zero attached hydrogens (tertiary/aromatic N) is 2. The molecule has 5 nitrogen and oxygen atoms in total. The Balaban J connectivity index is 2.18. The van der Waals surface area contributed by atoms with E-state index in [-0.39, 0.29) is 0 Å². The fraction of sp³-hybridized carbons (Fsp3) is 0. The Morgan fingerprint density at radius 3 is 2.87 bits per heavy atom. The molecule has 15 heavy (non-hydrogen) atoms. The summed E-state index contributed by atoms with van der Waals surface area (Å²) in [5, 5.41) is 8.45. The first-order chi connectivity index (χ1) is 7.33. The smallest absolute Gasteiger partial charge is 0.222 e. The van der Waals surface area contributed by atoms with Gasteiger partial charge >= 0.3 is 0 Å². The van der Waals surface area contributed by atoms with E-state index in [2.05, 4.69) is 10.3 Å². The van der Waals surface area contributed by atoms with Crippen molar-refractivity contribution in [2.75, 3.05) is 5.73 Å². The van der Waals surface area contributed by atoms with Crippen LogP contribution in [0.25, 0.3) is 22.2 Å². The third kappa shape index (κ3) is 1.25. The minimum atomic E-state index is 0.301. The minimum absolute atomic E-state index is 0.301. The zero-order chi connectivity index (χ0) is 10.3. The molecule has 0 bridgehead atoms. The Kier molecular flexibility index (Phi) is 1.53. The molecule has 0 spiro atoms. The fourth-order valence-electron chi connectivity index (χ4n) is 1.46. The van der Waals surface area contributed by atoms with Crippen molar-refractivity contribution in [2.24, 2.45) is 0 Å². The van der Waals surface area contributed by atoms with Crippen LogP contribution in [0.3, 0.4) is 0 Å². The Labute approximate surface area is 84.4 Å². The predicted molar refractivity (Wildman–Crippen MR) is 53.9 cm³/mol. The lowest BCUT2D eigenvalue weighted by Crippen LogP contribution is -1.77. The van der Waals surface area contributed by atoms with E-state index in [9.17, 15) is 0 Å². The third-order valence-corrected chi connectivity index (χ3v) is 2.18. The number of aromatic nitrogens is 2. The van der Waals surface area contributed by atoms with E-state index in [0.29, 0.717) is 11.6 Å². The minimum Gasteiger partial charge on any atom is -0.368 e. The predicted octanol–water partition coefficient (Wildman–Crippen LogP) is 2.06. The van der Waals surface area contributed by atoms with Crippen LogP contribution in [0.2, 0.25) is 0 Å². The largest absolute Gasteiger partial charge is 0.368 e. The first kappa shape index (κ1) is 8.05. The van der Waals surface area contributed by atoms with E-state index in [0.717, 1.165) is 16.5 Å². The number of nitrogens with two attached hydrogens (primary N) is 1. The molecule has 0 fully saturated rings. The number of hydrogen-bond acceptors (Lipinski definition) is 5. The summed E-state index contributed by atoms with van der Waals surface area (Å²) >= 11 is 0. The van der Waals surface area contributed by atoms with Gasteiger partial charge in [-0.05, 0) is 18.2 Å². The van der Waals surface area contributed by atoms with Crippen molar-refractivity contribution in [1.82, 2.24) is 10.3 Å². The first-order valence-electron chi connectivity index (χ1n) is 4.40. The molecule has 3 aromatic rings. The maximum atomic E-state index is 5.45. The standard InChI is InChI=1S/C10H7N3O2/c11-10-4-8(13-15-10)6-1-2-9-7(3-6)5-12-14-9/h1-5H,11H2. The fourth-order valence-corrected chi connectivity index (χ4v) is 1.46. The van der Waals surface area contributed by atoms with Crippen molar-refractivity contribution in [3.8, 4) is 11.3 Å². The number of anilines is 1. The van der Waals surface area contributed by atoms with Crippen LogP contribution >= 0.6 is 0 Å². The van der Waals surface area contributed by atoms with Gasteiger partial charge in [-0.2, -0.15) is 0 Å². The highest BCUT2D eigenvalue weighted by atomic mass is 16.5. The number of benzene rings is 1. The topological polar surface area (TPSA) is 78.1 Å². The van der Waals surface area contributed by atoms with Gasteiger partial charge in [-0.3, -0.25) is 0 Å². The Morgan fingerprint density at radius 2 is 2.07 bits per heavy atom. The summed E-state index contributed by atoms with van der Waals surface area (Å²) in [4.78, 5) is 0. The summed E-state index contributed by atoms with van der Waals surface area (Å²) in [7, 11) is 0. The Hall–Kier alpha value is -2.30. The molecule has 1 aromatic carbocycles. The summed E-state index contributed by atoms with van der Waals surface area (Å²) in [5.41, 5.74) is 7.82. The van der Waals surface area contributed by atoms with Gasteiger partial charge in [0.05, 0.1) is 6.20 Å². The molecule has 0 radical (unpaired) electrons. The van der Waals surface area contributed by atoms with Crippen LogP contribution in [-0.4, -0.2) is 10.3 Å². The van der Waals surface area contributed by atoms with E-state index < -0.39 is 0 Å². The Morgan fingerprint density at radius 1 is 1.13 bits per heavy atom. The Bertz CT molecular complexity index is 612. The molecule has 3 rings (SSSR count). The van der Waals surface area contributed by atoms with Gasteiger partial charge in [0.2, 0.25) is 5.88 Å². The average Bonchev–Trinajstić information content (AvgIpc) is 2.84. The zero-order valence-corrected chi connectivity index (χ0v) is 7.68. The SMILES string of the molecule is Nc1cc(-c2ccc3oncc3c2)no1. The molecule has 0 aliphatic rings. The maximum absolute atomic E-state index is 5.45. The van der Waals surface area contributed by atoms with Crippen LogP contribution in [0.4, 0.5) is 5.88 Å². The number of rotatable bonds is 1. The highest BCUT2D eigenvalue weighted by molar-refractivity contribution is 5.81. The lowest BCUT2D eigenvalue weighted by Gasteiger charge is -1.93. The molecule has 0 aliphatic heterocycles. The van der Waals surface area contributed by atoms with Gasteiger partial charge in [0.25, 0.3) is 0 Å². The monoisotopic (exact) mass is 201 g/mol. The lowest BCUT2D eigenvalue weighted by molar-refractivity contribution is 0.439. The van der Waals surface area contributed by atoms with Crippen LogP contribution in [0, 0.1) is 0 Å². The highest BCUT2D eigenvalue weighted by Crippen LogP contribution is 2.24. The number of nitrogen functional groups attached to an aromatic ring is 1. The average molecular weight is 201 g/mol. The van der Waals surface area contributed by atoms with Gasteiger partial charge in [0.15, 0.2) is 5.58 Å². The van der Waals surface area contributed by atoms with Crippen LogP contribution in [0.1, 0.15) is 0 Å². The van der Waals surface area contributed by atoms with E-state index in [4.69, 9.17) is 14.8 Å². The van der Waals surface area contributed by atoms with Gasteiger partial charge in [0.1, 0.15) is 5.69 Å². The molecule has 0 aliphatic carbocycles. The van der Waals surface area contributed by atoms with Gasteiger partial charge < -0.3 is 14.8 Å². The van der Waals surface area contributed by atoms with Gasteiger partial charge in [-0.15, -0.1) is 0 Å². The van der Waals surface area contributed by atoms with Gasteiger partial charge in [-0.1, -0.05) is 10.3 Å². The molecule has 0 atom stereocenters. The van der Waals surface area contributed by atoms with Gasteiger partial charge in [-0.25, -0.2) is 0 Å². The van der Waals surface area contributed by atoms with E-state index in [1.54, 1.807) is 12.3 Å². The molecule has 0 unspecified atom stereocenters. The van der Waals surface area contributed by atoms with E-state index in [1.807, 2.05) is 18.2 Å². The van der Waals surface area contributed by atoms with Crippen molar-refractivity contribution in [2.45, 2.75) is 0 Å². The molecule has 74 valence electrons. The molecular formula is C10H7N3O2. The van der Waals surface area contributed by atoms with Gasteiger partial charge in [0, 0.05) is 17.0 Å². The van der Waals surface area contributed by atoms with Crippen LogP contribution in [0.15, 0.2) is 39.5 Å². The quantitative estimate of drug-likeness (QED) is 0.651.